The summed E-state index contributed by atoms with van der Waals surface area (Å²) in [6.07, 6.45) is 1.60. The predicted octanol–water partition coefficient (Wildman–Crippen LogP) is 2.50. The standard InChI is InChI=1S/C14H12BrN3O2/c1-8-5-11(15)7-17-13(8)18-14(20)10-4-2-3-9(6-10)12(16)19/h2-7H,1H3,(H2,16,19)(H,17,18,20). The summed E-state index contributed by atoms with van der Waals surface area (Å²) in [7, 11) is 0. The molecule has 2 amide bonds. The first kappa shape index (κ1) is 14.2. The molecule has 2 aromatic rings. The lowest BCUT2D eigenvalue weighted by molar-refractivity contribution is 0.1000. The maximum atomic E-state index is 12.1. The summed E-state index contributed by atoms with van der Waals surface area (Å²) in [5.41, 5.74) is 6.66. The van der Waals surface area contributed by atoms with E-state index in [1.807, 2.05) is 13.0 Å². The molecular formula is C14H12BrN3O2. The van der Waals surface area contributed by atoms with Crippen molar-refractivity contribution < 1.29 is 9.59 Å². The number of rotatable bonds is 3. The van der Waals surface area contributed by atoms with Crippen molar-refractivity contribution in [2.45, 2.75) is 6.92 Å². The number of aryl methyl sites for hydroxylation is 1. The molecule has 0 aliphatic rings. The van der Waals surface area contributed by atoms with E-state index < -0.39 is 5.91 Å². The quantitative estimate of drug-likeness (QED) is 0.904. The Balaban J connectivity index is 2.24. The maximum absolute atomic E-state index is 12.1. The SMILES string of the molecule is Cc1cc(Br)cnc1NC(=O)c1cccc(C(N)=O)c1. The molecule has 0 bridgehead atoms. The normalized spacial score (nSPS) is 10.1. The zero-order valence-corrected chi connectivity index (χ0v) is 12.3. The molecule has 0 aliphatic heterocycles. The third kappa shape index (κ3) is 3.21. The van der Waals surface area contributed by atoms with E-state index in [4.69, 9.17) is 5.73 Å². The zero-order valence-electron chi connectivity index (χ0n) is 10.7. The van der Waals surface area contributed by atoms with Crippen LogP contribution in [-0.2, 0) is 0 Å². The van der Waals surface area contributed by atoms with Crippen molar-refractivity contribution >= 4 is 33.6 Å². The number of amides is 2. The number of carbonyl (C=O) groups excluding carboxylic acids is 2. The third-order valence-electron chi connectivity index (χ3n) is 2.69. The van der Waals surface area contributed by atoms with Crippen LogP contribution in [0.2, 0.25) is 0 Å². The van der Waals surface area contributed by atoms with Crippen molar-refractivity contribution in [2.75, 3.05) is 5.32 Å². The molecule has 0 atom stereocenters. The van der Waals surface area contributed by atoms with Crippen molar-refractivity contribution in [1.82, 2.24) is 4.98 Å². The highest BCUT2D eigenvalue weighted by Gasteiger charge is 2.10. The van der Waals surface area contributed by atoms with Crippen LogP contribution in [0.4, 0.5) is 5.82 Å². The topological polar surface area (TPSA) is 85.1 Å². The molecule has 0 unspecified atom stereocenters. The number of anilines is 1. The molecule has 5 nitrogen and oxygen atoms in total. The van der Waals surface area contributed by atoms with Gasteiger partial charge in [0.25, 0.3) is 5.91 Å². The van der Waals surface area contributed by atoms with Crippen LogP contribution in [0.15, 0.2) is 41.0 Å². The molecule has 1 aromatic carbocycles. The Morgan fingerprint density at radius 1 is 1.25 bits per heavy atom. The highest BCUT2D eigenvalue weighted by atomic mass is 79.9. The van der Waals surface area contributed by atoms with E-state index in [0.717, 1.165) is 10.0 Å². The average Bonchev–Trinajstić information content (AvgIpc) is 2.42. The van der Waals surface area contributed by atoms with Crippen molar-refractivity contribution in [3.8, 4) is 0 Å². The average molecular weight is 334 g/mol. The molecule has 1 heterocycles. The van der Waals surface area contributed by atoms with Crippen LogP contribution in [0.3, 0.4) is 0 Å². The minimum absolute atomic E-state index is 0.290. The first-order chi connectivity index (χ1) is 9.47. The van der Waals surface area contributed by atoms with E-state index in [9.17, 15) is 9.59 Å². The Bertz CT molecular complexity index is 686. The molecule has 0 saturated carbocycles. The summed E-state index contributed by atoms with van der Waals surface area (Å²) in [5.74, 6) is -0.439. The number of carbonyl (C=O) groups is 2. The number of primary amides is 1. The van der Waals surface area contributed by atoms with Gasteiger partial charge in [-0.25, -0.2) is 4.98 Å². The third-order valence-corrected chi connectivity index (χ3v) is 3.12. The van der Waals surface area contributed by atoms with Gasteiger partial charge >= 0.3 is 0 Å². The van der Waals surface area contributed by atoms with E-state index in [0.29, 0.717) is 11.4 Å². The molecule has 3 N–H and O–H groups in total. The second kappa shape index (κ2) is 5.83. The fraction of sp³-hybridized carbons (Fsp3) is 0.0714. The molecule has 0 saturated heterocycles. The van der Waals surface area contributed by atoms with Gasteiger partial charge in [0.05, 0.1) is 0 Å². The molecule has 0 spiro atoms. The molecule has 0 radical (unpaired) electrons. The summed E-state index contributed by atoms with van der Waals surface area (Å²) in [6, 6.07) is 8.07. The lowest BCUT2D eigenvalue weighted by Gasteiger charge is -2.08. The van der Waals surface area contributed by atoms with Gasteiger partial charge in [0, 0.05) is 21.8 Å². The smallest absolute Gasteiger partial charge is 0.256 e. The maximum Gasteiger partial charge on any atom is 0.256 e. The van der Waals surface area contributed by atoms with Crippen LogP contribution in [0.1, 0.15) is 26.3 Å². The molecule has 102 valence electrons. The van der Waals surface area contributed by atoms with Gasteiger partial charge in [-0.1, -0.05) is 6.07 Å². The van der Waals surface area contributed by atoms with E-state index in [-0.39, 0.29) is 11.5 Å². The zero-order chi connectivity index (χ0) is 14.7. The van der Waals surface area contributed by atoms with Crippen LogP contribution >= 0.6 is 15.9 Å². The molecule has 1 aromatic heterocycles. The van der Waals surface area contributed by atoms with Crippen molar-refractivity contribution in [2.24, 2.45) is 5.73 Å². The lowest BCUT2D eigenvalue weighted by Crippen LogP contribution is -2.16. The minimum atomic E-state index is -0.572. The monoisotopic (exact) mass is 333 g/mol. The second-order valence-electron chi connectivity index (χ2n) is 4.22. The van der Waals surface area contributed by atoms with Crippen LogP contribution in [0.5, 0.6) is 0 Å². The lowest BCUT2D eigenvalue weighted by atomic mass is 10.1. The Morgan fingerprint density at radius 2 is 1.95 bits per heavy atom. The number of halogens is 1. The van der Waals surface area contributed by atoms with E-state index in [1.165, 1.54) is 6.07 Å². The molecular weight excluding hydrogens is 322 g/mol. The van der Waals surface area contributed by atoms with Gasteiger partial charge in [-0.3, -0.25) is 9.59 Å². The number of hydrogen-bond donors (Lipinski definition) is 2. The summed E-state index contributed by atoms with van der Waals surface area (Å²) in [5, 5.41) is 2.70. The van der Waals surface area contributed by atoms with Gasteiger partial charge < -0.3 is 11.1 Å². The molecule has 0 fully saturated rings. The Labute approximate surface area is 124 Å². The van der Waals surface area contributed by atoms with Crippen molar-refractivity contribution in [3.63, 3.8) is 0 Å². The number of nitrogens with zero attached hydrogens (tertiary/aromatic N) is 1. The van der Waals surface area contributed by atoms with Crippen LogP contribution in [0.25, 0.3) is 0 Å². The minimum Gasteiger partial charge on any atom is -0.366 e. The van der Waals surface area contributed by atoms with Crippen LogP contribution in [-0.4, -0.2) is 16.8 Å². The number of nitrogens with one attached hydrogen (secondary N) is 1. The van der Waals surface area contributed by atoms with Crippen LogP contribution in [0, 0.1) is 6.92 Å². The van der Waals surface area contributed by atoms with Gasteiger partial charge in [0.15, 0.2) is 0 Å². The summed E-state index contributed by atoms with van der Waals surface area (Å²) < 4.78 is 0.837. The van der Waals surface area contributed by atoms with Crippen molar-refractivity contribution in [3.05, 3.63) is 57.7 Å². The fourth-order valence-corrected chi connectivity index (χ4v) is 2.11. The van der Waals surface area contributed by atoms with E-state index in [2.05, 4.69) is 26.2 Å². The number of pyridine rings is 1. The first-order valence-corrected chi connectivity index (χ1v) is 6.60. The van der Waals surface area contributed by atoms with Gasteiger partial charge in [-0.05, 0) is 52.7 Å². The van der Waals surface area contributed by atoms with E-state index >= 15 is 0 Å². The predicted molar refractivity (Wildman–Crippen MR) is 79.6 cm³/mol. The number of nitrogens with two attached hydrogens (primary N) is 1. The Hall–Kier alpha value is -2.21. The Morgan fingerprint density at radius 3 is 2.60 bits per heavy atom. The molecule has 0 aliphatic carbocycles. The molecule has 20 heavy (non-hydrogen) atoms. The highest BCUT2D eigenvalue weighted by molar-refractivity contribution is 9.10. The number of aromatic nitrogens is 1. The molecule has 2 rings (SSSR count). The number of hydrogen-bond acceptors (Lipinski definition) is 3. The van der Waals surface area contributed by atoms with Crippen molar-refractivity contribution in [1.29, 1.82) is 0 Å². The van der Waals surface area contributed by atoms with Gasteiger partial charge in [-0.2, -0.15) is 0 Å². The van der Waals surface area contributed by atoms with Gasteiger partial charge in [0.2, 0.25) is 5.91 Å². The first-order valence-electron chi connectivity index (χ1n) is 5.81. The Kier molecular flexibility index (Phi) is 4.14. The summed E-state index contributed by atoms with van der Waals surface area (Å²) in [4.78, 5) is 27.3. The van der Waals surface area contributed by atoms with E-state index in [1.54, 1.807) is 24.4 Å². The molecule has 6 heteroatoms. The highest BCUT2D eigenvalue weighted by Crippen LogP contribution is 2.17. The van der Waals surface area contributed by atoms with Gasteiger partial charge in [-0.15, -0.1) is 0 Å². The largest absolute Gasteiger partial charge is 0.366 e. The summed E-state index contributed by atoms with van der Waals surface area (Å²) in [6.45, 7) is 1.84. The van der Waals surface area contributed by atoms with Crippen LogP contribution < -0.4 is 11.1 Å². The summed E-state index contributed by atoms with van der Waals surface area (Å²) >= 11 is 3.31. The van der Waals surface area contributed by atoms with Gasteiger partial charge in [0.1, 0.15) is 5.82 Å². The second-order valence-corrected chi connectivity index (χ2v) is 5.13. The number of benzene rings is 1. The fourth-order valence-electron chi connectivity index (χ4n) is 1.66.